The third kappa shape index (κ3) is 3.50. The molecule has 0 aromatic heterocycles. The van der Waals surface area contributed by atoms with Crippen molar-refractivity contribution in [3.63, 3.8) is 0 Å². The van der Waals surface area contributed by atoms with E-state index < -0.39 is 0 Å². The smallest absolute Gasteiger partial charge is 0.229 e. The summed E-state index contributed by atoms with van der Waals surface area (Å²) in [6.07, 6.45) is 2.05. The summed E-state index contributed by atoms with van der Waals surface area (Å²) in [4.78, 5) is 14.5. The van der Waals surface area contributed by atoms with Crippen molar-refractivity contribution in [3.8, 4) is 0 Å². The van der Waals surface area contributed by atoms with Crippen molar-refractivity contribution in [1.82, 2.24) is 4.90 Å². The van der Waals surface area contributed by atoms with Gasteiger partial charge in [0.05, 0.1) is 5.92 Å². The first-order chi connectivity index (χ1) is 9.09. The lowest BCUT2D eigenvalue weighted by Gasteiger charge is -2.34. The molecule has 0 radical (unpaired) electrons. The molecule has 2 nitrogen and oxygen atoms in total. The standard InChI is InChI=1S/C16H22ClNO/c1-12(14-6-4-3-5-7-14)16(19)18-10-8-15(9-11-18)13(2)17/h3-7,12-13,15H,8-11H2,1-2H3. The van der Waals surface area contributed by atoms with Gasteiger partial charge in [0.2, 0.25) is 5.91 Å². The number of nitrogens with zero attached hydrogens (tertiary/aromatic N) is 1. The Balaban J connectivity index is 1.94. The van der Waals surface area contributed by atoms with E-state index in [9.17, 15) is 4.79 Å². The molecule has 1 fully saturated rings. The Labute approximate surface area is 120 Å². The van der Waals surface area contributed by atoms with Crippen LogP contribution in [0.25, 0.3) is 0 Å². The lowest BCUT2D eigenvalue weighted by atomic mass is 9.92. The van der Waals surface area contributed by atoms with Gasteiger partial charge in [0.1, 0.15) is 0 Å². The number of halogens is 1. The second kappa shape index (κ2) is 6.42. The van der Waals surface area contributed by atoms with E-state index >= 15 is 0 Å². The Hall–Kier alpha value is -1.02. The van der Waals surface area contributed by atoms with Crippen LogP contribution in [0.1, 0.15) is 38.2 Å². The van der Waals surface area contributed by atoms with Crippen LogP contribution in [0.4, 0.5) is 0 Å². The quantitative estimate of drug-likeness (QED) is 0.774. The van der Waals surface area contributed by atoms with Gasteiger partial charge < -0.3 is 4.90 Å². The summed E-state index contributed by atoms with van der Waals surface area (Å²) in [5.41, 5.74) is 1.10. The maximum atomic E-state index is 12.5. The van der Waals surface area contributed by atoms with Gasteiger partial charge in [-0.2, -0.15) is 0 Å². The normalized spacial score (nSPS) is 20.1. The van der Waals surface area contributed by atoms with Crippen molar-refractivity contribution >= 4 is 17.5 Å². The summed E-state index contributed by atoms with van der Waals surface area (Å²) < 4.78 is 0. The highest BCUT2D eigenvalue weighted by molar-refractivity contribution is 6.20. The molecular weight excluding hydrogens is 258 g/mol. The second-order valence-corrected chi connectivity index (χ2v) is 6.16. The summed E-state index contributed by atoms with van der Waals surface area (Å²) in [6, 6.07) is 10.0. The molecule has 1 aromatic rings. The summed E-state index contributed by atoms with van der Waals surface area (Å²) in [5, 5.41) is 0.212. The zero-order chi connectivity index (χ0) is 13.8. The van der Waals surface area contributed by atoms with Crippen molar-refractivity contribution in [2.45, 2.75) is 38.0 Å². The van der Waals surface area contributed by atoms with Crippen molar-refractivity contribution in [1.29, 1.82) is 0 Å². The molecule has 3 heteroatoms. The van der Waals surface area contributed by atoms with E-state index in [-0.39, 0.29) is 17.2 Å². The molecule has 19 heavy (non-hydrogen) atoms. The van der Waals surface area contributed by atoms with Gasteiger partial charge in [-0.3, -0.25) is 4.79 Å². The number of alkyl halides is 1. The van der Waals surface area contributed by atoms with Gasteiger partial charge >= 0.3 is 0 Å². The molecule has 1 amide bonds. The van der Waals surface area contributed by atoms with E-state index in [0.29, 0.717) is 5.92 Å². The van der Waals surface area contributed by atoms with Crippen LogP contribution in [0.15, 0.2) is 30.3 Å². The van der Waals surface area contributed by atoms with Crippen LogP contribution < -0.4 is 0 Å². The Morgan fingerprint density at radius 3 is 2.32 bits per heavy atom. The Morgan fingerprint density at radius 1 is 1.21 bits per heavy atom. The maximum absolute atomic E-state index is 12.5. The maximum Gasteiger partial charge on any atom is 0.229 e. The number of hydrogen-bond acceptors (Lipinski definition) is 1. The molecule has 2 unspecified atom stereocenters. The number of amides is 1. The van der Waals surface area contributed by atoms with Gasteiger partial charge in [0, 0.05) is 18.5 Å². The fourth-order valence-corrected chi connectivity index (χ4v) is 2.99. The topological polar surface area (TPSA) is 20.3 Å². The summed E-state index contributed by atoms with van der Waals surface area (Å²) >= 11 is 6.14. The fraction of sp³-hybridized carbons (Fsp3) is 0.562. The van der Waals surface area contributed by atoms with E-state index in [0.717, 1.165) is 31.5 Å². The number of piperidine rings is 1. The number of carbonyl (C=O) groups is 1. The number of rotatable bonds is 3. The Bertz CT molecular complexity index is 410. The average Bonchev–Trinajstić information content (AvgIpc) is 2.46. The van der Waals surface area contributed by atoms with Crippen LogP contribution in [0.2, 0.25) is 0 Å². The van der Waals surface area contributed by atoms with Gasteiger partial charge in [-0.25, -0.2) is 0 Å². The zero-order valence-corrected chi connectivity index (χ0v) is 12.4. The van der Waals surface area contributed by atoms with Crippen LogP contribution in [-0.4, -0.2) is 29.3 Å². The lowest BCUT2D eigenvalue weighted by molar-refractivity contribution is -0.133. The first-order valence-corrected chi connectivity index (χ1v) is 7.51. The Kier molecular flexibility index (Phi) is 4.87. The summed E-state index contributed by atoms with van der Waals surface area (Å²) in [5.74, 6) is 0.746. The molecule has 2 rings (SSSR count). The van der Waals surface area contributed by atoms with Crippen LogP contribution in [-0.2, 0) is 4.79 Å². The average molecular weight is 280 g/mol. The molecule has 1 heterocycles. The van der Waals surface area contributed by atoms with Crippen molar-refractivity contribution in [2.75, 3.05) is 13.1 Å². The molecule has 0 spiro atoms. The molecule has 1 aliphatic heterocycles. The summed E-state index contributed by atoms with van der Waals surface area (Å²) in [7, 11) is 0. The molecule has 0 bridgehead atoms. The number of likely N-dealkylation sites (tertiary alicyclic amines) is 1. The summed E-state index contributed by atoms with van der Waals surface area (Å²) in [6.45, 7) is 5.74. The number of hydrogen-bond donors (Lipinski definition) is 0. The fourth-order valence-electron chi connectivity index (χ4n) is 2.74. The second-order valence-electron chi connectivity index (χ2n) is 5.47. The highest BCUT2D eigenvalue weighted by Gasteiger charge is 2.28. The Morgan fingerprint density at radius 2 is 1.79 bits per heavy atom. The SMILES string of the molecule is CC(C(=O)N1CCC(C(C)Cl)CC1)c1ccccc1. The van der Waals surface area contributed by atoms with Gasteiger partial charge in [0.25, 0.3) is 0 Å². The largest absolute Gasteiger partial charge is 0.342 e. The van der Waals surface area contributed by atoms with Crippen LogP contribution in [0, 0.1) is 5.92 Å². The van der Waals surface area contributed by atoms with Crippen molar-refractivity contribution in [3.05, 3.63) is 35.9 Å². The van der Waals surface area contributed by atoms with E-state index in [1.54, 1.807) is 0 Å². The van der Waals surface area contributed by atoms with Crippen LogP contribution in [0.5, 0.6) is 0 Å². The third-order valence-corrected chi connectivity index (χ3v) is 4.53. The van der Waals surface area contributed by atoms with E-state index in [1.807, 2.05) is 42.2 Å². The predicted molar refractivity (Wildman–Crippen MR) is 79.5 cm³/mol. The number of benzene rings is 1. The van der Waals surface area contributed by atoms with Crippen LogP contribution in [0.3, 0.4) is 0 Å². The lowest BCUT2D eigenvalue weighted by Crippen LogP contribution is -2.41. The van der Waals surface area contributed by atoms with Crippen molar-refractivity contribution < 1.29 is 4.79 Å². The minimum atomic E-state index is -0.0498. The molecule has 0 aliphatic carbocycles. The van der Waals surface area contributed by atoms with E-state index in [4.69, 9.17) is 11.6 Å². The third-order valence-electron chi connectivity index (χ3n) is 4.17. The monoisotopic (exact) mass is 279 g/mol. The van der Waals surface area contributed by atoms with Crippen LogP contribution >= 0.6 is 11.6 Å². The molecule has 1 aromatic carbocycles. The van der Waals surface area contributed by atoms with Gasteiger partial charge in [0.15, 0.2) is 0 Å². The van der Waals surface area contributed by atoms with Gasteiger partial charge in [-0.05, 0) is 38.2 Å². The van der Waals surface area contributed by atoms with E-state index in [1.165, 1.54) is 0 Å². The molecule has 104 valence electrons. The van der Waals surface area contributed by atoms with Gasteiger partial charge in [-0.1, -0.05) is 30.3 Å². The molecule has 1 aliphatic rings. The molecule has 0 saturated carbocycles. The highest BCUT2D eigenvalue weighted by atomic mass is 35.5. The zero-order valence-electron chi connectivity index (χ0n) is 11.7. The van der Waals surface area contributed by atoms with Crippen molar-refractivity contribution in [2.24, 2.45) is 5.92 Å². The minimum absolute atomic E-state index is 0.0498. The molecule has 0 N–H and O–H groups in total. The molecule has 2 atom stereocenters. The first kappa shape index (κ1) is 14.4. The molecular formula is C16H22ClNO. The highest BCUT2D eigenvalue weighted by Crippen LogP contribution is 2.26. The predicted octanol–water partition coefficient (Wildman–Crippen LogP) is 3.66. The van der Waals surface area contributed by atoms with Gasteiger partial charge in [-0.15, -0.1) is 11.6 Å². The number of carbonyl (C=O) groups excluding carboxylic acids is 1. The minimum Gasteiger partial charge on any atom is -0.342 e. The first-order valence-electron chi connectivity index (χ1n) is 7.07. The van der Waals surface area contributed by atoms with E-state index in [2.05, 4.69) is 6.92 Å². The molecule has 1 saturated heterocycles.